The summed E-state index contributed by atoms with van der Waals surface area (Å²) in [5, 5.41) is 2.20. The maximum atomic E-state index is 5.14. The molecule has 0 atom stereocenters. The van der Waals surface area contributed by atoms with Crippen molar-refractivity contribution in [2.45, 2.75) is 26.3 Å². The predicted molar refractivity (Wildman–Crippen MR) is 40.4 cm³/mol. The van der Waals surface area contributed by atoms with Crippen LogP contribution in [0.5, 0.6) is 0 Å². The zero-order valence-electron chi connectivity index (χ0n) is 6.98. The molecule has 0 radical (unpaired) electrons. The summed E-state index contributed by atoms with van der Waals surface area (Å²) >= 11 is 0. The summed E-state index contributed by atoms with van der Waals surface area (Å²) in [5.74, 6) is 0. The Hall–Kier alpha value is -0.120. The van der Waals surface area contributed by atoms with E-state index in [0.717, 1.165) is 13.2 Å². The summed E-state index contributed by atoms with van der Waals surface area (Å²) in [6.45, 7) is 9.02. The molecule has 1 saturated heterocycles. The van der Waals surface area contributed by atoms with E-state index in [4.69, 9.17) is 4.74 Å². The van der Waals surface area contributed by atoms with Crippen LogP contribution in [0.2, 0.25) is 0 Å². The first-order valence-electron chi connectivity index (χ1n) is 3.69. The van der Waals surface area contributed by atoms with Gasteiger partial charge < -0.3 is 4.74 Å². The minimum Gasteiger partial charge on any atom is -0.364 e. The van der Waals surface area contributed by atoms with Gasteiger partial charge in [-0.2, -0.15) is 0 Å². The minimum atomic E-state index is 0.212. The lowest BCUT2D eigenvalue weighted by molar-refractivity contribution is -0.0616. The van der Waals surface area contributed by atoms with Crippen LogP contribution in [-0.4, -0.2) is 30.4 Å². The first-order valence-corrected chi connectivity index (χ1v) is 3.69. The molecular weight excluding hydrogens is 128 g/mol. The fourth-order valence-electron chi connectivity index (χ4n) is 1.00. The lowest BCUT2D eigenvalue weighted by Gasteiger charge is -2.38. The second kappa shape index (κ2) is 2.86. The molecule has 1 aliphatic heterocycles. The molecule has 0 aromatic rings. The number of nitrogens with zero attached hydrogens (tertiary/aromatic N) is 1. The highest BCUT2D eigenvalue weighted by atomic mass is 16.5. The van der Waals surface area contributed by atoms with Gasteiger partial charge in [-0.1, -0.05) is 0 Å². The van der Waals surface area contributed by atoms with Crippen molar-refractivity contribution >= 4 is 0 Å². The van der Waals surface area contributed by atoms with Crippen molar-refractivity contribution in [1.29, 1.82) is 0 Å². The standard InChI is InChI=1S/C7H16N2O/c1-7(2,3)9-4-5-10-6-8-9/h8H,4-6H2,1-3H3. The minimum absolute atomic E-state index is 0.212. The summed E-state index contributed by atoms with van der Waals surface area (Å²) < 4.78 is 5.14. The van der Waals surface area contributed by atoms with Gasteiger partial charge in [-0.05, 0) is 20.8 Å². The smallest absolute Gasteiger partial charge is 0.109 e. The molecule has 0 saturated carbocycles. The molecule has 1 heterocycles. The van der Waals surface area contributed by atoms with E-state index in [1.165, 1.54) is 0 Å². The van der Waals surface area contributed by atoms with E-state index in [-0.39, 0.29) is 5.54 Å². The van der Waals surface area contributed by atoms with Gasteiger partial charge in [0, 0.05) is 12.1 Å². The molecule has 0 aromatic carbocycles. The Morgan fingerprint density at radius 3 is 2.40 bits per heavy atom. The van der Waals surface area contributed by atoms with E-state index in [1.54, 1.807) is 0 Å². The third-order valence-electron chi connectivity index (χ3n) is 1.63. The Morgan fingerprint density at radius 2 is 2.10 bits per heavy atom. The number of hydrogen-bond donors (Lipinski definition) is 1. The third-order valence-corrected chi connectivity index (χ3v) is 1.63. The fourth-order valence-corrected chi connectivity index (χ4v) is 1.00. The number of ether oxygens (including phenoxy) is 1. The molecule has 0 unspecified atom stereocenters. The molecular formula is C7H16N2O. The van der Waals surface area contributed by atoms with Gasteiger partial charge in [0.15, 0.2) is 0 Å². The van der Waals surface area contributed by atoms with Crippen LogP contribution in [-0.2, 0) is 4.74 Å². The molecule has 1 aliphatic rings. The molecule has 0 spiro atoms. The van der Waals surface area contributed by atoms with Crippen molar-refractivity contribution in [3.8, 4) is 0 Å². The summed E-state index contributed by atoms with van der Waals surface area (Å²) in [6.07, 6.45) is 0. The molecule has 60 valence electrons. The summed E-state index contributed by atoms with van der Waals surface area (Å²) in [4.78, 5) is 0. The van der Waals surface area contributed by atoms with Gasteiger partial charge >= 0.3 is 0 Å². The van der Waals surface area contributed by atoms with Crippen LogP contribution in [0.1, 0.15) is 20.8 Å². The molecule has 3 nitrogen and oxygen atoms in total. The molecule has 3 heteroatoms. The zero-order valence-corrected chi connectivity index (χ0v) is 6.98. The quantitative estimate of drug-likeness (QED) is 0.538. The van der Waals surface area contributed by atoms with Gasteiger partial charge in [-0.15, -0.1) is 0 Å². The van der Waals surface area contributed by atoms with E-state index >= 15 is 0 Å². The molecule has 0 bridgehead atoms. The number of nitrogens with one attached hydrogen (secondary N) is 1. The van der Waals surface area contributed by atoms with Crippen molar-refractivity contribution in [2.24, 2.45) is 0 Å². The Bertz CT molecular complexity index is 103. The summed E-state index contributed by atoms with van der Waals surface area (Å²) in [5.41, 5.74) is 3.38. The largest absolute Gasteiger partial charge is 0.364 e. The first kappa shape index (κ1) is 7.98. The van der Waals surface area contributed by atoms with Gasteiger partial charge in [0.2, 0.25) is 0 Å². The highest BCUT2D eigenvalue weighted by molar-refractivity contribution is 4.73. The highest BCUT2D eigenvalue weighted by Gasteiger charge is 2.22. The molecule has 0 aliphatic carbocycles. The molecule has 1 fully saturated rings. The molecule has 0 aromatic heterocycles. The van der Waals surface area contributed by atoms with Crippen molar-refractivity contribution in [2.75, 3.05) is 19.9 Å². The van der Waals surface area contributed by atoms with Crippen molar-refractivity contribution in [3.05, 3.63) is 0 Å². The predicted octanol–water partition coefficient (Wildman–Crippen LogP) is 0.579. The average Bonchev–Trinajstić information content (AvgIpc) is 1.88. The second-order valence-corrected chi connectivity index (χ2v) is 3.53. The first-order chi connectivity index (χ1) is 4.61. The molecule has 0 amide bonds. The fraction of sp³-hybridized carbons (Fsp3) is 1.00. The van der Waals surface area contributed by atoms with Gasteiger partial charge in [0.1, 0.15) is 6.73 Å². The normalized spacial score (nSPS) is 23.1. The Labute approximate surface area is 62.3 Å². The van der Waals surface area contributed by atoms with Crippen LogP contribution < -0.4 is 5.43 Å². The van der Waals surface area contributed by atoms with Gasteiger partial charge in [-0.25, -0.2) is 10.4 Å². The van der Waals surface area contributed by atoms with Gasteiger partial charge in [-0.3, -0.25) is 0 Å². The van der Waals surface area contributed by atoms with Gasteiger partial charge in [0.25, 0.3) is 0 Å². The zero-order chi connectivity index (χ0) is 7.61. The van der Waals surface area contributed by atoms with E-state index in [2.05, 4.69) is 31.2 Å². The molecule has 10 heavy (non-hydrogen) atoms. The van der Waals surface area contributed by atoms with E-state index in [0.29, 0.717) is 6.73 Å². The number of hydrogen-bond acceptors (Lipinski definition) is 3. The van der Waals surface area contributed by atoms with E-state index in [1.807, 2.05) is 0 Å². The lowest BCUT2D eigenvalue weighted by Crippen LogP contribution is -2.55. The highest BCUT2D eigenvalue weighted by Crippen LogP contribution is 2.10. The van der Waals surface area contributed by atoms with E-state index < -0.39 is 0 Å². The summed E-state index contributed by atoms with van der Waals surface area (Å²) in [7, 11) is 0. The van der Waals surface area contributed by atoms with E-state index in [9.17, 15) is 0 Å². The third kappa shape index (κ3) is 1.94. The Balaban J connectivity index is 2.39. The van der Waals surface area contributed by atoms with Crippen molar-refractivity contribution in [3.63, 3.8) is 0 Å². The molecule has 1 rings (SSSR count). The van der Waals surface area contributed by atoms with Crippen molar-refractivity contribution < 1.29 is 4.74 Å². The number of hydrazine groups is 1. The average molecular weight is 144 g/mol. The second-order valence-electron chi connectivity index (χ2n) is 3.53. The Morgan fingerprint density at radius 1 is 1.40 bits per heavy atom. The van der Waals surface area contributed by atoms with Crippen LogP contribution in [0.3, 0.4) is 0 Å². The topological polar surface area (TPSA) is 24.5 Å². The number of rotatable bonds is 0. The summed E-state index contributed by atoms with van der Waals surface area (Å²) in [6, 6.07) is 0. The van der Waals surface area contributed by atoms with Gasteiger partial charge in [0.05, 0.1) is 6.61 Å². The molecule has 1 N–H and O–H groups in total. The maximum absolute atomic E-state index is 5.14. The SMILES string of the molecule is CC(C)(C)N1CCOCN1. The van der Waals surface area contributed by atoms with Crippen LogP contribution in [0.25, 0.3) is 0 Å². The van der Waals surface area contributed by atoms with Crippen LogP contribution in [0, 0.1) is 0 Å². The lowest BCUT2D eigenvalue weighted by atomic mass is 10.1. The maximum Gasteiger partial charge on any atom is 0.109 e. The van der Waals surface area contributed by atoms with Crippen molar-refractivity contribution in [1.82, 2.24) is 10.4 Å². The van der Waals surface area contributed by atoms with Crippen LogP contribution in [0.4, 0.5) is 0 Å². The monoisotopic (exact) mass is 144 g/mol. The Kier molecular flexibility index (Phi) is 2.28. The van der Waals surface area contributed by atoms with Crippen LogP contribution >= 0.6 is 0 Å². The van der Waals surface area contributed by atoms with Crippen LogP contribution in [0.15, 0.2) is 0 Å².